The number of rotatable bonds is 6. The summed E-state index contributed by atoms with van der Waals surface area (Å²) in [5.74, 6) is 0.494. The molecule has 0 saturated heterocycles. The first-order valence-electron chi connectivity index (χ1n) is 9.70. The van der Waals surface area contributed by atoms with E-state index in [1.54, 1.807) is 0 Å². The third-order valence-corrected chi connectivity index (χ3v) is 6.03. The van der Waals surface area contributed by atoms with Crippen LogP contribution in [-0.4, -0.2) is 0 Å². The summed E-state index contributed by atoms with van der Waals surface area (Å²) in [4.78, 5) is 0. The molecule has 0 amide bonds. The van der Waals surface area contributed by atoms with Crippen molar-refractivity contribution in [1.29, 1.82) is 0 Å². The minimum Gasteiger partial charge on any atom is -0.209 e. The lowest BCUT2D eigenvalue weighted by Gasteiger charge is -2.30. The van der Waals surface area contributed by atoms with Gasteiger partial charge in [-0.25, -0.2) is 8.78 Å². The summed E-state index contributed by atoms with van der Waals surface area (Å²) in [6, 6.07) is 0. The van der Waals surface area contributed by atoms with Crippen molar-refractivity contribution in [3.05, 3.63) is 11.7 Å². The quantitative estimate of drug-likeness (QED) is 0.481. The summed E-state index contributed by atoms with van der Waals surface area (Å²) in [6.07, 6.45) is 12.7. The number of hydrogen-bond donors (Lipinski definition) is 0. The zero-order valence-electron chi connectivity index (χ0n) is 14.6. The van der Waals surface area contributed by atoms with E-state index >= 15 is 0 Å². The van der Waals surface area contributed by atoms with E-state index in [4.69, 9.17) is 0 Å². The van der Waals surface area contributed by atoms with Crippen LogP contribution in [0.25, 0.3) is 0 Å². The Morgan fingerprint density at radius 2 is 0.955 bits per heavy atom. The SMILES string of the molecule is CCC[C@H]1CC[C@H](/C(F)=C(\F)[C@H]2CC[C@H](CCC)CC2)CC1. The molecule has 0 aromatic rings. The van der Waals surface area contributed by atoms with E-state index in [2.05, 4.69) is 13.8 Å². The molecule has 22 heavy (non-hydrogen) atoms. The number of hydrogen-bond acceptors (Lipinski definition) is 0. The molecule has 128 valence electrons. The number of halogens is 2. The molecular formula is C20H34F2. The molecule has 0 atom stereocenters. The molecule has 0 aromatic carbocycles. The fourth-order valence-corrected chi connectivity index (χ4v) is 4.62. The molecule has 2 rings (SSSR count). The Bertz CT molecular complexity index is 311. The first-order valence-corrected chi connectivity index (χ1v) is 9.70. The third kappa shape index (κ3) is 4.80. The van der Waals surface area contributed by atoms with Crippen LogP contribution in [0.1, 0.15) is 90.9 Å². The lowest BCUT2D eigenvalue weighted by molar-refractivity contribution is 0.228. The lowest BCUT2D eigenvalue weighted by atomic mass is 9.76. The Labute approximate surface area is 135 Å². The molecule has 0 spiro atoms. The van der Waals surface area contributed by atoms with Crippen molar-refractivity contribution in [3.63, 3.8) is 0 Å². The summed E-state index contributed by atoms with van der Waals surface area (Å²) in [7, 11) is 0. The molecule has 2 heteroatoms. The highest BCUT2D eigenvalue weighted by Gasteiger charge is 2.30. The van der Waals surface area contributed by atoms with Crippen molar-refractivity contribution in [2.45, 2.75) is 90.9 Å². The van der Waals surface area contributed by atoms with Crippen molar-refractivity contribution in [2.24, 2.45) is 23.7 Å². The molecule has 0 nitrogen and oxygen atoms in total. The van der Waals surface area contributed by atoms with Crippen LogP contribution in [0.15, 0.2) is 11.7 Å². The van der Waals surface area contributed by atoms with E-state index < -0.39 is 0 Å². The predicted octanol–water partition coefficient (Wildman–Crippen LogP) is 7.35. The molecular weight excluding hydrogens is 278 g/mol. The molecule has 2 aliphatic carbocycles. The van der Waals surface area contributed by atoms with Gasteiger partial charge in [-0.05, 0) is 63.2 Å². The van der Waals surface area contributed by atoms with E-state index in [0.717, 1.165) is 63.2 Å². The standard InChI is InChI=1S/C20H34F2/c1-3-5-15-7-11-17(12-8-15)19(21)20(22)18-13-9-16(6-4-2)10-14-18/h15-18H,3-14H2,1-2H3/b20-19+/t15-,16-,17-,18-. The summed E-state index contributed by atoms with van der Waals surface area (Å²) in [5, 5.41) is 0. The van der Waals surface area contributed by atoms with Crippen LogP contribution in [0.4, 0.5) is 8.78 Å². The van der Waals surface area contributed by atoms with Crippen LogP contribution in [0.3, 0.4) is 0 Å². The van der Waals surface area contributed by atoms with Crippen molar-refractivity contribution >= 4 is 0 Å². The average Bonchev–Trinajstić information content (AvgIpc) is 2.55. The fraction of sp³-hybridized carbons (Fsp3) is 0.900. The largest absolute Gasteiger partial charge is 0.209 e. The van der Waals surface area contributed by atoms with Gasteiger partial charge in [-0.2, -0.15) is 0 Å². The minimum atomic E-state index is -0.381. The zero-order chi connectivity index (χ0) is 15.9. The van der Waals surface area contributed by atoms with Gasteiger partial charge < -0.3 is 0 Å². The van der Waals surface area contributed by atoms with Crippen LogP contribution in [-0.2, 0) is 0 Å². The van der Waals surface area contributed by atoms with Crippen LogP contribution in [0.2, 0.25) is 0 Å². The van der Waals surface area contributed by atoms with E-state index in [9.17, 15) is 8.78 Å². The summed E-state index contributed by atoms with van der Waals surface area (Å²) in [6.45, 7) is 4.42. The molecule has 0 bridgehead atoms. The minimum absolute atomic E-state index is 0.124. The normalized spacial score (nSPS) is 34.4. The van der Waals surface area contributed by atoms with Crippen molar-refractivity contribution in [1.82, 2.24) is 0 Å². The lowest BCUT2D eigenvalue weighted by Crippen LogP contribution is -2.19. The molecule has 0 unspecified atom stereocenters. The second kappa shape index (κ2) is 9.03. The molecule has 2 aliphatic rings. The maximum Gasteiger partial charge on any atom is 0.135 e. The van der Waals surface area contributed by atoms with Crippen LogP contribution in [0, 0.1) is 23.7 Å². The van der Waals surface area contributed by atoms with Crippen molar-refractivity contribution < 1.29 is 8.78 Å². The van der Waals surface area contributed by atoms with Gasteiger partial charge in [-0.15, -0.1) is 0 Å². The molecule has 2 fully saturated rings. The Kier molecular flexibility index (Phi) is 7.37. The topological polar surface area (TPSA) is 0 Å². The fourth-order valence-electron chi connectivity index (χ4n) is 4.62. The van der Waals surface area contributed by atoms with Gasteiger partial charge >= 0.3 is 0 Å². The summed E-state index contributed by atoms with van der Waals surface area (Å²) in [5.41, 5.74) is 0. The number of allylic oxidation sites excluding steroid dienone is 2. The maximum atomic E-state index is 14.5. The van der Waals surface area contributed by atoms with Gasteiger partial charge in [-0.3, -0.25) is 0 Å². The predicted molar refractivity (Wildman–Crippen MR) is 90.0 cm³/mol. The van der Waals surface area contributed by atoms with E-state index in [-0.39, 0.29) is 23.5 Å². The van der Waals surface area contributed by atoms with E-state index in [1.807, 2.05) is 0 Å². The third-order valence-electron chi connectivity index (χ3n) is 6.03. The first kappa shape index (κ1) is 17.9. The summed E-state index contributed by atoms with van der Waals surface area (Å²) < 4.78 is 29.1. The van der Waals surface area contributed by atoms with Crippen molar-refractivity contribution in [3.8, 4) is 0 Å². The van der Waals surface area contributed by atoms with E-state index in [0.29, 0.717) is 0 Å². The van der Waals surface area contributed by atoms with Gasteiger partial charge in [0.2, 0.25) is 0 Å². The van der Waals surface area contributed by atoms with Crippen LogP contribution < -0.4 is 0 Å². The highest BCUT2D eigenvalue weighted by Crippen LogP contribution is 2.42. The van der Waals surface area contributed by atoms with Gasteiger partial charge in [0.1, 0.15) is 11.7 Å². The summed E-state index contributed by atoms with van der Waals surface area (Å²) >= 11 is 0. The average molecular weight is 312 g/mol. The van der Waals surface area contributed by atoms with Gasteiger partial charge in [0, 0.05) is 11.8 Å². The molecule has 0 aromatic heterocycles. The highest BCUT2D eigenvalue weighted by atomic mass is 19.2. The molecule has 0 heterocycles. The van der Waals surface area contributed by atoms with Crippen molar-refractivity contribution in [2.75, 3.05) is 0 Å². The van der Waals surface area contributed by atoms with Gasteiger partial charge in [0.05, 0.1) is 0 Å². The molecule has 0 N–H and O–H groups in total. The molecule has 2 saturated carbocycles. The Morgan fingerprint density at radius 1 is 0.636 bits per heavy atom. The monoisotopic (exact) mass is 312 g/mol. The Hall–Kier alpha value is -0.400. The second-order valence-corrected chi connectivity index (χ2v) is 7.71. The van der Waals surface area contributed by atoms with Crippen LogP contribution >= 0.6 is 0 Å². The van der Waals surface area contributed by atoms with Gasteiger partial charge in [-0.1, -0.05) is 39.5 Å². The molecule has 0 radical (unpaired) electrons. The maximum absolute atomic E-state index is 14.5. The Balaban J connectivity index is 1.85. The van der Waals surface area contributed by atoms with Gasteiger partial charge in [0.25, 0.3) is 0 Å². The van der Waals surface area contributed by atoms with E-state index in [1.165, 1.54) is 25.7 Å². The second-order valence-electron chi connectivity index (χ2n) is 7.71. The van der Waals surface area contributed by atoms with Gasteiger partial charge in [0.15, 0.2) is 0 Å². The smallest absolute Gasteiger partial charge is 0.135 e. The zero-order valence-corrected chi connectivity index (χ0v) is 14.6. The highest BCUT2D eigenvalue weighted by molar-refractivity contribution is 5.09. The molecule has 0 aliphatic heterocycles. The first-order chi connectivity index (χ1) is 10.7. The van der Waals surface area contributed by atoms with Crippen LogP contribution in [0.5, 0.6) is 0 Å². The Morgan fingerprint density at radius 3 is 1.23 bits per heavy atom.